The lowest BCUT2D eigenvalue weighted by atomic mass is 9.82. The van der Waals surface area contributed by atoms with E-state index in [2.05, 4.69) is 18.0 Å². The van der Waals surface area contributed by atoms with Crippen molar-refractivity contribution < 1.29 is 0 Å². The molecule has 3 rings (SSSR count). The van der Waals surface area contributed by atoms with Crippen molar-refractivity contribution in [3.05, 3.63) is 29.6 Å². The van der Waals surface area contributed by atoms with E-state index in [4.69, 9.17) is 5.73 Å². The quantitative estimate of drug-likeness (QED) is 0.880. The molecule has 2 heteroatoms. The highest BCUT2D eigenvalue weighted by Crippen LogP contribution is 2.50. The molecule has 2 fully saturated rings. The first-order valence-electron chi connectivity index (χ1n) is 7.46. The summed E-state index contributed by atoms with van der Waals surface area (Å²) in [6, 6.07) is 2.34. The summed E-state index contributed by atoms with van der Waals surface area (Å²) < 4.78 is 0. The molecule has 0 amide bonds. The molecule has 4 atom stereocenters. The summed E-state index contributed by atoms with van der Waals surface area (Å²) in [4.78, 5) is 4.21. The Labute approximate surface area is 110 Å². The van der Waals surface area contributed by atoms with E-state index in [-0.39, 0.29) is 6.04 Å². The first kappa shape index (κ1) is 12.2. The van der Waals surface area contributed by atoms with Crippen molar-refractivity contribution in [1.82, 2.24) is 4.98 Å². The molecule has 2 nitrogen and oxygen atoms in total. The van der Waals surface area contributed by atoms with Crippen molar-refractivity contribution in [2.45, 2.75) is 51.5 Å². The van der Waals surface area contributed by atoms with E-state index < -0.39 is 0 Å². The van der Waals surface area contributed by atoms with Crippen LogP contribution in [0.1, 0.15) is 56.2 Å². The van der Waals surface area contributed by atoms with Gasteiger partial charge in [-0.15, -0.1) is 0 Å². The minimum Gasteiger partial charge on any atom is -0.324 e. The lowest BCUT2D eigenvalue weighted by Crippen LogP contribution is -2.20. The zero-order valence-corrected chi connectivity index (χ0v) is 11.3. The Morgan fingerprint density at radius 3 is 2.94 bits per heavy atom. The highest BCUT2D eigenvalue weighted by atomic mass is 14.7. The first-order valence-corrected chi connectivity index (χ1v) is 7.46. The summed E-state index contributed by atoms with van der Waals surface area (Å²) in [6.45, 7) is 2.19. The molecule has 0 aromatic carbocycles. The normalized spacial score (nSPS) is 31.8. The Balaban J connectivity index is 1.69. The maximum Gasteiger partial charge on any atom is 0.0303 e. The Hall–Kier alpha value is -0.890. The number of pyridine rings is 1. The molecule has 0 spiro atoms. The van der Waals surface area contributed by atoms with Gasteiger partial charge in [-0.25, -0.2) is 0 Å². The molecular weight excluding hydrogens is 220 g/mol. The third kappa shape index (κ3) is 2.18. The van der Waals surface area contributed by atoms with E-state index in [9.17, 15) is 0 Å². The second kappa shape index (κ2) is 5.00. The monoisotopic (exact) mass is 244 g/mol. The molecule has 2 aliphatic rings. The lowest BCUT2D eigenvalue weighted by molar-refractivity contribution is 0.296. The molecule has 18 heavy (non-hydrogen) atoms. The Bertz CT molecular complexity index is 415. The maximum atomic E-state index is 6.46. The predicted molar refractivity (Wildman–Crippen MR) is 74.1 cm³/mol. The predicted octanol–water partition coefficient (Wildman–Crippen LogP) is 3.47. The van der Waals surface area contributed by atoms with Crippen LogP contribution in [0.5, 0.6) is 0 Å². The van der Waals surface area contributed by atoms with Gasteiger partial charge < -0.3 is 5.73 Å². The van der Waals surface area contributed by atoms with Gasteiger partial charge >= 0.3 is 0 Å². The first-order chi connectivity index (χ1) is 8.78. The van der Waals surface area contributed by atoms with Gasteiger partial charge in [0.05, 0.1) is 0 Å². The smallest absolute Gasteiger partial charge is 0.0303 e. The van der Waals surface area contributed by atoms with E-state index in [1.807, 2.05) is 12.4 Å². The summed E-state index contributed by atoms with van der Waals surface area (Å²) in [5, 5.41) is 0. The second-order valence-electron chi connectivity index (χ2n) is 6.21. The topological polar surface area (TPSA) is 38.9 Å². The largest absolute Gasteiger partial charge is 0.324 e. The van der Waals surface area contributed by atoms with Crippen molar-refractivity contribution in [3.8, 4) is 0 Å². The van der Waals surface area contributed by atoms with Crippen LogP contribution in [0.3, 0.4) is 0 Å². The van der Waals surface area contributed by atoms with Gasteiger partial charge in [0.2, 0.25) is 0 Å². The van der Waals surface area contributed by atoms with Crippen LogP contribution < -0.4 is 5.73 Å². The van der Waals surface area contributed by atoms with Crippen LogP contribution in [-0.2, 0) is 6.42 Å². The van der Waals surface area contributed by atoms with Gasteiger partial charge in [0, 0.05) is 18.4 Å². The molecule has 0 radical (unpaired) electrons. The van der Waals surface area contributed by atoms with Crippen LogP contribution >= 0.6 is 0 Å². The summed E-state index contributed by atoms with van der Waals surface area (Å²) in [7, 11) is 0. The van der Waals surface area contributed by atoms with Gasteiger partial charge in [0.15, 0.2) is 0 Å². The number of aromatic nitrogens is 1. The summed E-state index contributed by atoms with van der Waals surface area (Å²) in [6.07, 6.45) is 11.9. The van der Waals surface area contributed by atoms with Crippen LogP contribution in [0.2, 0.25) is 0 Å². The molecule has 1 heterocycles. The van der Waals surface area contributed by atoms with Crippen molar-refractivity contribution in [2.75, 3.05) is 0 Å². The summed E-state index contributed by atoms with van der Waals surface area (Å²) in [5.74, 6) is 2.89. The number of hydrogen-bond donors (Lipinski definition) is 1. The number of fused-ring (bicyclic) bond motifs is 2. The Morgan fingerprint density at radius 1 is 1.39 bits per heavy atom. The van der Waals surface area contributed by atoms with Crippen LogP contribution in [0.15, 0.2) is 18.5 Å². The molecule has 2 aliphatic carbocycles. The molecule has 0 aliphatic heterocycles. The van der Waals surface area contributed by atoms with Gasteiger partial charge in [-0.3, -0.25) is 4.98 Å². The van der Waals surface area contributed by atoms with Gasteiger partial charge in [0.25, 0.3) is 0 Å². The minimum absolute atomic E-state index is 0.215. The third-order valence-electron chi connectivity index (χ3n) is 5.16. The van der Waals surface area contributed by atoms with Gasteiger partial charge in [-0.05, 0) is 67.1 Å². The maximum absolute atomic E-state index is 6.46. The Morgan fingerprint density at radius 2 is 2.28 bits per heavy atom. The van der Waals surface area contributed by atoms with Crippen molar-refractivity contribution >= 4 is 0 Å². The fourth-order valence-corrected chi connectivity index (χ4v) is 4.21. The number of rotatable bonds is 4. The van der Waals surface area contributed by atoms with Crippen LogP contribution in [0.25, 0.3) is 0 Å². The SMILES string of the molecule is CCc1cnccc1C(N)CC1CC2CCC1C2. The average Bonchev–Trinajstić information content (AvgIpc) is 3.01. The van der Waals surface area contributed by atoms with Crippen molar-refractivity contribution in [3.63, 3.8) is 0 Å². The molecule has 2 N–H and O–H groups in total. The molecule has 1 aromatic rings. The molecular formula is C16H24N2. The average molecular weight is 244 g/mol. The highest BCUT2D eigenvalue weighted by molar-refractivity contribution is 5.26. The van der Waals surface area contributed by atoms with E-state index in [1.165, 1.54) is 43.2 Å². The minimum atomic E-state index is 0.215. The van der Waals surface area contributed by atoms with Gasteiger partial charge in [-0.1, -0.05) is 13.3 Å². The van der Waals surface area contributed by atoms with Crippen molar-refractivity contribution in [1.29, 1.82) is 0 Å². The lowest BCUT2D eigenvalue weighted by Gasteiger charge is -2.25. The Kier molecular flexibility index (Phi) is 3.38. The number of hydrogen-bond acceptors (Lipinski definition) is 2. The van der Waals surface area contributed by atoms with E-state index in [1.54, 1.807) is 0 Å². The zero-order valence-electron chi connectivity index (χ0n) is 11.3. The van der Waals surface area contributed by atoms with E-state index in [0.717, 1.165) is 24.2 Å². The zero-order chi connectivity index (χ0) is 12.5. The fourth-order valence-electron chi connectivity index (χ4n) is 4.21. The molecule has 0 saturated heterocycles. The highest BCUT2D eigenvalue weighted by Gasteiger charge is 2.39. The van der Waals surface area contributed by atoms with Crippen LogP contribution in [0.4, 0.5) is 0 Å². The van der Waals surface area contributed by atoms with Crippen molar-refractivity contribution in [2.24, 2.45) is 23.5 Å². The second-order valence-corrected chi connectivity index (χ2v) is 6.21. The summed E-state index contributed by atoms with van der Waals surface area (Å²) >= 11 is 0. The number of aryl methyl sites for hydroxylation is 1. The van der Waals surface area contributed by atoms with E-state index in [0.29, 0.717) is 0 Å². The molecule has 98 valence electrons. The number of nitrogens with two attached hydrogens (primary N) is 1. The van der Waals surface area contributed by atoms with Crippen LogP contribution in [-0.4, -0.2) is 4.98 Å². The van der Waals surface area contributed by atoms with Gasteiger partial charge in [0.1, 0.15) is 0 Å². The molecule has 1 aromatic heterocycles. The standard InChI is InChI=1S/C16H24N2/c1-2-12-10-18-6-5-15(12)16(17)9-14-8-11-3-4-13(14)7-11/h5-6,10-11,13-14,16H,2-4,7-9,17H2,1H3. The molecule has 2 saturated carbocycles. The fraction of sp³-hybridized carbons (Fsp3) is 0.688. The summed E-state index contributed by atoms with van der Waals surface area (Å²) in [5.41, 5.74) is 9.11. The van der Waals surface area contributed by atoms with Crippen LogP contribution in [0, 0.1) is 17.8 Å². The van der Waals surface area contributed by atoms with Gasteiger partial charge in [-0.2, -0.15) is 0 Å². The third-order valence-corrected chi connectivity index (χ3v) is 5.16. The van der Waals surface area contributed by atoms with E-state index >= 15 is 0 Å². The molecule has 2 bridgehead atoms. The molecule has 4 unspecified atom stereocenters. The number of nitrogens with zero attached hydrogens (tertiary/aromatic N) is 1.